The highest BCUT2D eigenvalue weighted by atomic mass is 19.4. The number of hydrogen-bond donors (Lipinski definition) is 2. The van der Waals surface area contributed by atoms with E-state index < -0.39 is 37.5 Å². The van der Waals surface area contributed by atoms with Gasteiger partial charge in [-0.1, -0.05) is 48.5 Å². The van der Waals surface area contributed by atoms with Gasteiger partial charge < -0.3 is 19.9 Å². The maximum Gasteiger partial charge on any atom is 0.411 e. The fraction of sp³-hybridized carbons (Fsp3) is 0.300. The molecule has 1 aliphatic carbocycles. The number of alkyl halides is 3. The summed E-state index contributed by atoms with van der Waals surface area (Å²) in [5, 5.41) is 11.1. The average Bonchev–Trinajstić information content (AvgIpc) is 2.98. The van der Waals surface area contributed by atoms with E-state index in [1.165, 1.54) is 0 Å². The predicted octanol–water partition coefficient (Wildman–Crippen LogP) is 3.56. The van der Waals surface area contributed by atoms with Gasteiger partial charge in [0.15, 0.2) is 6.04 Å². The van der Waals surface area contributed by atoms with Crippen molar-refractivity contribution in [2.75, 3.05) is 19.8 Å². The minimum atomic E-state index is -4.59. The quantitative estimate of drug-likeness (QED) is 0.731. The van der Waals surface area contributed by atoms with Crippen LogP contribution in [0.2, 0.25) is 0 Å². The van der Waals surface area contributed by atoms with E-state index >= 15 is 0 Å². The summed E-state index contributed by atoms with van der Waals surface area (Å²) in [6, 6.07) is 13.7. The molecule has 0 aliphatic heterocycles. The number of halogens is 3. The number of fused-ring (bicyclic) bond motifs is 3. The highest BCUT2D eigenvalue weighted by Gasteiger charge is 2.31. The molecule has 0 radical (unpaired) electrons. The summed E-state index contributed by atoms with van der Waals surface area (Å²) in [6.07, 6.45) is -5.64. The number of nitrogens with one attached hydrogen (secondary N) is 1. The molecule has 1 amide bonds. The van der Waals surface area contributed by atoms with Gasteiger partial charge in [-0.25, -0.2) is 9.59 Å². The van der Waals surface area contributed by atoms with Crippen molar-refractivity contribution in [3.05, 3.63) is 59.7 Å². The van der Waals surface area contributed by atoms with Crippen LogP contribution in [-0.2, 0) is 14.3 Å². The van der Waals surface area contributed by atoms with Crippen LogP contribution in [0.25, 0.3) is 11.1 Å². The normalized spacial score (nSPS) is 14.0. The summed E-state index contributed by atoms with van der Waals surface area (Å²) < 4.78 is 45.9. The van der Waals surface area contributed by atoms with Gasteiger partial charge in [-0.15, -0.1) is 0 Å². The van der Waals surface area contributed by atoms with Crippen LogP contribution >= 0.6 is 0 Å². The number of carboxylic acids is 1. The molecule has 2 N–H and O–H groups in total. The Morgan fingerprint density at radius 1 is 1.03 bits per heavy atom. The van der Waals surface area contributed by atoms with Crippen LogP contribution in [-0.4, -0.2) is 49.2 Å². The minimum absolute atomic E-state index is 0.0460. The molecular weight excluding hydrogens is 391 g/mol. The Bertz CT molecular complexity index is 854. The Kier molecular flexibility index (Phi) is 6.07. The number of amides is 1. The molecule has 2 aromatic carbocycles. The zero-order valence-corrected chi connectivity index (χ0v) is 15.1. The van der Waals surface area contributed by atoms with Crippen LogP contribution in [0.15, 0.2) is 48.5 Å². The van der Waals surface area contributed by atoms with Gasteiger partial charge in [-0.05, 0) is 22.3 Å². The number of benzene rings is 2. The van der Waals surface area contributed by atoms with Crippen molar-refractivity contribution in [3.8, 4) is 11.1 Å². The summed E-state index contributed by atoms with van der Waals surface area (Å²) in [5.74, 6) is -1.75. The highest BCUT2D eigenvalue weighted by Crippen LogP contribution is 2.44. The van der Waals surface area contributed by atoms with Gasteiger partial charge in [0.1, 0.15) is 13.2 Å². The maximum atomic E-state index is 12.1. The second kappa shape index (κ2) is 8.52. The van der Waals surface area contributed by atoms with Crippen molar-refractivity contribution < 1.29 is 37.3 Å². The first-order chi connectivity index (χ1) is 13.8. The number of carboxylic acid groups (broad SMARTS) is 1. The summed E-state index contributed by atoms with van der Waals surface area (Å²) in [7, 11) is 0. The lowest BCUT2D eigenvalue weighted by Crippen LogP contribution is -2.45. The molecule has 9 heteroatoms. The Morgan fingerprint density at radius 3 is 2.10 bits per heavy atom. The minimum Gasteiger partial charge on any atom is -0.480 e. The van der Waals surface area contributed by atoms with E-state index in [4.69, 9.17) is 9.84 Å². The molecular formula is C20H18F3NO5. The number of carbonyl (C=O) groups excluding carboxylic acids is 1. The first kappa shape index (κ1) is 20.7. The van der Waals surface area contributed by atoms with E-state index in [-0.39, 0.29) is 12.5 Å². The van der Waals surface area contributed by atoms with Crippen molar-refractivity contribution in [1.29, 1.82) is 0 Å². The Morgan fingerprint density at radius 2 is 1.59 bits per heavy atom. The second-order valence-electron chi connectivity index (χ2n) is 6.49. The first-order valence-electron chi connectivity index (χ1n) is 8.75. The van der Waals surface area contributed by atoms with Crippen LogP contribution in [0.3, 0.4) is 0 Å². The molecule has 6 nitrogen and oxygen atoms in total. The molecule has 0 saturated heterocycles. The molecule has 2 aromatic rings. The number of ether oxygens (including phenoxy) is 2. The van der Waals surface area contributed by atoms with Gasteiger partial charge in [-0.3, -0.25) is 0 Å². The molecule has 0 aromatic heterocycles. The molecule has 0 unspecified atom stereocenters. The number of aliphatic carboxylic acids is 1. The summed E-state index contributed by atoms with van der Waals surface area (Å²) in [4.78, 5) is 23.2. The largest absolute Gasteiger partial charge is 0.480 e. The smallest absolute Gasteiger partial charge is 0.411 e. The van der Waals surface area contributed by atoms with E-state index in [0.29, 0.717) is 0 Å². The molecule has 0 spiro atoms. The molecule has 1 atom stereocenters. The lowest BCUT2D eigenvalue weighted by atomic mass is 9.98. The summed E-state index contributed by atoms with van der Waals surface area (Å²) in [6.45, 7) is -2.49. The van der Waals surface area contributed by atoms with E-state index in [1.54, 1.807) is 0 Å². The van der Waals surface area contributed by atoms with Crippen LogP contribution in [0.1, 0.15) is 17.0 Å². The molecule has 0 fully saturated rings. The number of alkyl carbamates (subject to hydrolysis) is 1. The van der Waals surface area contributed by atoms with Gasteiger partial charge in [-0.2, -0.15) is 13.2 Å². The fourth-order valence-corrected chi connectivity index (χ4v) is 3.25. The SMILES string of the molecule is O=C(N[C@@H](COCC(F)(F)F)C(=O)O)OCC1c2ccccc2-c2ccccc21. The van der Waals surface area contributed by atoms with E-state index in [9.17, 15) is 22.8 Å². The lowest BCUT2D eigenvalue weighted by molar-refractivity contribution is -0.177. The van der Waals surface area contributed by atoms with Crippen molar-refractivity contribution >= 4 is 12.1 Å². The van der Waals surface area contributed by atoms with Crippen molar-refractivity contribution in [2.24, 2.45) is 0 Å². The monoisotopic (exact) mass is 409 g/mol. The molecule has 0 saturated carbocycles. The molecule has 3 rings (SSSR count). The third-order valence-electron chi connectivity index (χ3n) is 4.48. The number of rotatable bonds is 7. The highest BCUT2D eigenvalue weighted by molar-refractivity contribution is 5.81. The van der Waals surface area contributed by atoms with E-state index in [1.807, 2.05) is 53.8 Å². The van der Waals surface area contributed by atoms with Gasteiger partial charge >= 0.3 is 18.2 Å². The Balaban J connectivity index is 1.61. The van der Waals surface area contributed by atoms with Crippen LogP contribution in [0, 0.1) is 0 Å². The molecule has 29 heavy (non-hydrogen) atoms. The molecule has 0 bridgehead atoms. The average molecular weight is 409 g/mol. The van der Waals surface area contributed by atoms with Crippen molar-refractivity contribution in [3.63, 3.8) is 0 Å². The van der Waals surface area contributed by atoms with Crippen molar-refractivity contribution in [1.82, 2.24) is 5.32 Å². The molecule has 0 heterocycles. The van der Waals surface area contributed by atoms with E-state index in [0.717, 1.165) is 22.3 Å². The lowest BCUT2D eigenvalue weighted by Gasteiger charge is -2.18. The molecule has 154 valence electrons. The van der Waals surface area contributed by atoms with E-state index in [2.05, 4.69) is 4.74 Å². The predicted molar refractivity (Wildman–Crippen MR) is 96.5 cm³/mol. The van der Waals surface area contributed by atoms with Gasteiger partial charge in [0.2, 0.25) is 0 Å². The Labute approximate surface area is 164 Å². The van der Waals surface area contributed by atoms with Gasteiger partial charge in [0, 0.05) is 5.92 Å². The standard InChI is InChI=1S/C20H18F3NO5/c21-20(22,23)11-28-10-17(18(25)26)24-19(27)29-9-16-14-7-3-1-5-12(14)13-6-2-4-8-15(13)16/h1-8,16-17H,9-11H2,(H,24,27)(H,25,26)/t17-/m0/s1. The third-order valence-corrected chi connectivity index (χ3v) is 4.48. The van der Waals surface area contributed by atoms with Crippen LogP contribution in [0.5, 0.6) is 0 Å². The first-order valence-corrected chi connectivity index (χ1v) is 8.75. The number of hydrogen-bond acceptors (Lipinski definition) is 4. The maximum absolute atomic E-state index is 12.1. The molecule has 1 aliphatic rings. The van der Waals surface area contributed by atoms with Crippen LogP contribution < -0.4 is 5.32 Å². The summed E-state index contributed by atoms with van der Waals surface area (Å²) in [5.41, 5.74) is 4.01. The third kappa shape index (κ3) is 5.05. The zero-order chi connectivity index (χ0) is 21.0. The topological polar surface area (TPSA) is 84.9 Å². The zero-order valence-electron chi connectivity index (χ0n) is 15.1. The fourth-order valence-electron chi connectivity index (χ4n) is 3.25. The second-order valence-corrected chi connectivity index (χ2v) is 6.49. The number of carbonyl (C=O) groups is 2. The Hall–Kier alpha value is -3.07. The van der Waals surface area contributed by atoms with Crippen molar-refractivity contribution in [2.45, 2.75) is 18.1 Å². The summed E-state index contributed by atoms with van der Waals surface area (Å²) >= 11 is 0. The van der Waals surface area contributed by atoms with Crippen LogP contribution in [0.4, 0.5) is 18.0 Å². The van der Waals surface area contributed by atoms with Gasteiger partial charge in [0.25, 0.3) is 0 Å². The van der Waals surface area contributed by atoms with Gasteiger partial charge in [0.05, 0.1) is 6.61 Å².